The summed E-state index contributed by atoms with van der Waals surface area (Å²) in [6, 6.07) is 11.6. The molecule has 0 aromatic heterocycles. The Labute approximate surface area is 200 Å². The molecular weight excluding hydrogens is 432 g/mol. The zero-order valence-electron chi connectivity index (χ0n) is 20.7. The Bertz CT molecular complexity index is 1110. The predicted octanol–water partition coefficient (Wildman–Crippen LogP) is 3.05. The summed E-state index contributed by atoms with van der Waals surface area (Å²) in [5.74, 6) is 1.89. The Kier molecular flexibility index (Phi) is 6.88. The van der Waals surface area contributed by atoms with E-state index in [2.05, 4.69) is 11.1 Å². The molecule has 2 atom stereocenters. The number of carbonyl (C=O) groups excluding carboxylic acids is 1. The number of amides is 1. The van der Waals surface area contributed by atoms with E-state index >= 15 is 0 Å². The molecule has 1 amide bonds. The normalized spacial score (nSPS) is 18.4. The Balaban J connectivity index is 1.71. The van der Waals surface area contributed by atoms with Gasteiger partial charge in [0.05, 0.1) is 38.7 Å². The molecule has 0 unspecified atom stereocenters. The molecule has 0 spiro atoms. The van der Waals surface area contributed by atoms with Crippen molar-refractivity contribution in [3.05, 3.63) is 58.7 Å². The molecule has 2 aliphatic rings. The number of carbonyl (C=O) groups is 1. The third-order valence-corrected chi connectivity index (χ3v) is 6.04. The maximum absolute atomic E-state index is 12.8. The molecule has 2 aromatic carbocycles. The van der Waals surface area contributed by atoms with Crippen LogP contribution in [0.1, 0.15) is 39.9 Å². The molecule has 8 nitrogen and oxygen atoms in total. The molecule has 34 heavy (non-hydrogen) atoms. The second-order valence-electron chi connectivity index (χ2n) is 8.80. The minimum absolute atomic E-state index is 0.0546. The van der Waals surface area contributed by atoms with Gasteiger partial charge >= 0.3 is 0 Å². The first-order valence-corrected chi connectivity index (χ1v) is 11.4. The van der Waals surface area contributed by atoms with Crippen LogP contribution in [0.15, 0.2) is 46.4 Å². The Morgan fingerprint density at radius 2 is 1.79 bits per heavy atom. The van der Waals surface area contributed by atoms with Crippen LogP contribution in [0.5, 0.6) is 11.5 Å². The maximum Gasteiger partial charge on any atom is 0.280 e. The van der Waals surface area contributed by atoms with Gasteiger partial charge in [-0.3, -0.25) is 9.79 Å². The SMILES string of the molecule is CCOc1cc2c(cc1OC)C(c1ccc(C(=O)N=C(N(C)C)N(C)C)cc1)=N[C@@H]1COC[C@H]21. The van der Waals surface area contributed by atoms with E-state index in [1.54, 1.807) is 19.2 Å². The number of ether oxygens (including phenoxy) is 3. The summed E-state index contributed by atoms with van der Waals surface area (Å²) in [7, 11) is 9.08. The molecule has 2 heterocycles. The molecule has 2 aromatic rings. The van der Waals surface area contributed by atoms with E-state index in [4.69, 9.17) is 19.2 Å². The average Bonchev–Trinajstić information content (AvgIpc) is 3.30. The lowest BCUT2D eigenvalue weighted by Gasteiger charge is -2.27. The van der Waals surface area contributed by atoms with Crippen LogP contribution in [0.2, 0.25) is 0 Å². The number of methoxy groups -OCH3 is 1. The minimum Gasteiger partial charge on any atom is -0.493 e. The van der Waals surface area contributed by atoms with Gasteiger partial charge in [-0.15, -0.1) is 0 Å². The number of nitrogens with zero attached hydrogens (tertiary/aromatic N) is 4. The number of hydrogen-bond acceptors (Lipinski definition) is 5. The number of fused-ring (bicyclic) bond motifs is 3. The van der Waals surface area contributed by atoms with E-state index < -0.39 is 0 Å². The van der Waals surface area contributed by atoms with Crippen molar-refractivity contribution in [2.45, 2.75) is 18.9 Å². The van der Waals surface area contributed by atoms with E-state index in [-0.39, 0.29) is 17.9 Å². The fourth-order valence-corrected chi connectivity index (χ4v) is 4.47. The highest BCUT2D eigenvalue weighted by Gasteiger charge is 2.37. The van der Waals surface area contributed by atoms with Crippen LogP contribution in [-0.2, 0) is 4.74 Å². The molecule has 1 fully saturated rings. The maximum atomic E-state index is 12.8. The summed E-state index contributed by atoms with van der Waals surface area (Å²) in [4.78, 5) is 25.7. The van der Waals surface area contributed by atoms with E-state index in [0.29, 0.717) is 37.1 Å². The smallest absolute Gasteiger partial charge is 0.280 e. The van der Waals surface area contributed by atoms with Gasteiger partial charge in [-0.1, -0.05) is 12.1 Å². The van der Waals surface area contributed by atoms with Gasteiger partial charge in [0, 0.05) is 50.8 Å². The largest absolute Gasteiger partial charge is 0.493 e. The van der Waals surface area contributed by atoms with Crippen molar-refractivity contribution < 1.29 is 19.0 Å². The van der Waals surface area contributed by atoms with Crippen LogP contribution in [0.25, 0.3) is 0 Å². The molecular formula is C26H32N4O4. The van der Waals surface area contributed by atoms with Crippen molar-refractivity contribution in [2.75, 3.05) is 55.1 Å². The highest BCUT2D eigenvalue weighted by Crippen LogP contribution is 2.41. The van der Waals surface area contributed by atoms with Crippen LogP contribution < -0.4 is 9.47 Å². The standard InChI is InChI=1S/C26H32N4O4/c1-7-34-23-12-18-19(13-22(23)32-6)24(27-21-15-33-14-20(18)21)16-8-10-17(11-9-16)25(31)28-26(29(2)3)30(4)5/h8-13,20-21H,7,14-15H2,1-6H3/t20-,21-/m1/s1. The lowest BCUT2D eigenvalue weighted by atomic mass is 9.83. The lowest BCUT2D eigenvalue weighted by molar-refractivity contribution is 0.0999. The molecule has 180 valence electrons. The number of guanidine groups is 1. The van der Waals surface area contributed by atoms with Gasteiger partial charge in [-0.25, -0.2) is 0 Å². The molecule has 4 rings (SSSR count). The van der Waals surface area contributed by atoms with Crippen molar-refractivity contribution in [3.8, 4) is 11.5 Å². The lowest BCUT2D eigenvalue weighted by Crippen LogP contribution is -2.36. The fourth-order valence-electron chi connectivity index (χ4n) is 4.47. The summed E-state index contributed by atoms with van der Waals surface area (Å²) in [6.45, 7) is 3.74. The zero-order valence-corrected chi connectivity index (χ0v) is 20.7. The van der Waals surface area contributed by atoms with E-state index in [1.807, 2.05) is 63.1 Å². The second-order valence-corrected chi connectivity index (χ2v) is 8.80. The van der Waals surface area contributed by atoms with Crippen LogP contribution in [0.3, 0.4) is 0 Å². The summed E-state index contributed by atoms with van der Waals surface area (Å²) in [5, 5.41) is 0. The number of benzene rings is 2. The Morgan fingerprint density at radius 1 is 1.09 bits per heavy atom. The molecule has 0 saturated carbocycles. The Hall–Kier alpha value is -3.39. The Morgan fingerprint density at radius 3 is 2.41 bits per heavy atom. The number of aliphatic imine (C=N–C) groups is 2. The minimum atomic E-state index is -0.290. The van der Waals surface area contributed by atoms with Gasteiger partial charge in [0.15, 0.2) is 11.5 Å². The molecule has 1 saturated heterocycles. The first-order valence-electron chi connectivity index (χ1n) is 11.4. The van der Waals surface area contributed by atoms with Crippen LogP contribution >= 0.6 is 0 Å². The summed E-state index contributed by atoms with van der Waals surface area (Å²) < 4.78 is 17.2. The van der Waals surface area contributed by atoms with Gasteiger partial charge in [-0.05, 0) is 36.8 Å². The van der Waals surface area contributed by atoms with Gasteiger partial charge in [0.2, 0.25) is 5.96 Å². The topological polar surface area (TPSA) is 76.0 Å². The van der Waals surface area contributed by atoms with E-state index in [1.165, 1.54) is 0 Å². The molecule has 0 bridgehead atoms. The van der Waals surface area contributed by atoms with Crippen molar-refractivity contribution >= 4 is 17.6 Å². The van der Waals surface area contributed by atoms with Gasteiger partial charge in [0.1, 0.15) is 0 Å². The summed E-state index contributed by atoms with van der Waals surface area (Å²) in [5.41, 5.74) is 4.48. The third kappa shape index (κ3) is 4.50. The first kappa shape index (κ1) is 23.8. The predicted molar refractivity (Wildman–Crippen MR) is 133 cm³/mol. The third-order valence-electron chi connectivity index (χ3n) is 6.04. The van der Waals surface area contributed by atoms with Gasteiger partial charge in [0.25, 0.3) is 5.91 Å². The summed E-state index contributed by atoms with van der Waals surface area (Å²) in [6.07, 6.45) is 0. The van der Waals surface area contributed by atoms with Crippen LogP contribution in [-0.4, -0.2) is 88.5 Å². The zero-order chi connectivity index (χ0) is 24.4. The molecule has 0 radical (unpaired) electrons. The van der Waals surface area contributed by atoms with Crippen LogP contribution in [0, 0.1) is 0 Å². The highest BCUT2D eigenvalue weighted by atomic mass is 16.5. The van der Waals surface area contributed by atoms with Crippen LogP contribution in [0.4, 0.5) is 0 Å². The number of rotatable bonds is 5. The summed E-state index contributed by atoms with van der Waals surface area (Å²) >= 11 is 0. The molecule has 8 heteroatoms. The first-order chi connectivity index (χ1) is 16.3. The van der Waals surface area contributed by atoms with Gasteiger partial charge in [-0.2, -0.15) is 4.99 Å². The second kappa shape index (κ2) is 9.85. The quantitative estimate of drug-likeness (QED) is 0.500. The van der Waals surface area contributed by atoms with Crippen molar-refractivity contribution in [3.63, 3.8) is 0 Å². The van der Waals surface area contributed by atoms with E-state index in [9.17, 15) is 4.79 Å². The van der Waals surface area contributed by atoms with E-state index in [0.717, 1.165) is 28.2 Å². The molecule has 0 N–H and O–H groups in total. The molecule has 0 aliphatic carbocycles. The van der Waals surface area contributed by atoms with Crippen molar-refractivity contribution in [1.29, 1.82) is 0 Å². The van der Waals surface area contributed by atoms with Crippen molar-refractivity contribution in [1.82, 2.24) is 9.80 Å². The highest BCUT2D eigenvalue weighted by molar-refractivity contribution is 6.15. The fraction of sp³-hybridized carbons (Fsp3) is 0.423. The molecule has 2 aliphatic heterocycles. The average molecular weight is 465 g/mol. The van der Waals surface area contributed by atoms with Gasteiger partial charge < -0.3 is 24.0 Å². The monoisotopic (exact) mass is 464 g/mol. The van der Waals surface area contributed by atoms with Crippen molar-refractivity contribution in [2.24, 2.45) is 9.98 Å². The number of hydrogen-bond donors (Lipinski definition) is 0.